The highest BCUT2D eigenvalue weighted by Crippen LogP contribution is 2.21. The van der Waals surface area contributed by atoms with E-state index in [1.165, 1.54) is 29.3 Å². The number of nitrogens with one attached hydrogen (secondary N) is 2. The van der Waals surface area contributed by atoms with Gasteiger partial charge >= 0.3 is 0 Å². The molecule has 0 saturated heterocycles. The Morgan fingerprint density at radius 1 is 0.938 bits per heavy atom. The van der Waals surface area contributed by atoms with Gasteiger partial charge in [-0.2, -0.15) is 4.72 Å². The number of amides is 1. The van der Waals surface area contributed by atoms with E-state index in [1.807, 2.05) is 42.5 Å². The normalized spacial score (nSPS) is 16.7. The molecule has 0 saturated carbocycles. The van der Waals surface area contributed by atoms with Crippen LogP contribution in [-0.4, -0.2) is 26.4 Å². The second-order valence-electron chi connectivity index (χ2n) is 8.01. The molecule has 1 unspecified atom stereocenters. The summed E-state index contributed by atoms with van der Waals surface area (Å²) in [6, 6.07) is 21.3. The van der Waals surface area contributed by atoms with E-state index in [2.05, 4.69) is 22.2 Å². The lowest BCUT2D eigenvalue weighted by atomic mass is 9.88. The van der Waals surface area contributed by atoms with E-state index in [-0.39, 0.29) is 12.5 Å². The van der Waals surface area contributed by atoms with Gasteiger partial charge in [-0.15, -0.1) is 0 Å². The van der Waals surface area contributed by atoms with Crippen LogP contribution in [0, 0.1) is 5.82 Å². The first-order valence-electron chi connectivity index (χ1n) is 10.6. The van der Waals surface area contributed by atoms with Crippen molar-refractivity contribution in [2.75, 3.05) is 0 Å². The number of hydrogen-bond donors (Lipinski definition) is 2. The molecule has 0 fully saturated rings. The number of carbonyl (C=O) groups excluding carboxylic acids is 1. The molecule has 0 aliphatic heterocycles. The molecular formula is C25H25FN2O3S. The van der Waals surface area contributed by atoms with Crippen LogP contribution in [0.1, 0.15) is 23.1 Å². The lowest BCUT2D eigenvalue weighted by molar-refractivity contribution is -0.123. The quantitative estimate of drug-likeness (QED) is 0.577. The second-order valence-corrected chi connectivity index (χ2v) is 9.69. The van der Waals surface area contributed by atoms with Crippen LogP contribution in [0.2, 0.25) is 0 Å². The second kappa shape index (κ2) is 9.63. The first-order chi connectivity index (χ1) is 15.4. The van der Waals surface area contributed by atoms with Crippen LogP contribution in [0.5, 0.6) is 0 Å². The summed E-state index contributed by atoms with van der Waals surface area (Å²) in [7, 11) is -4.23. The third kappa shape index (κ3) is 5.23. The van der Waals surface area contributed by atoms with Gasteiger partial charge < -0.3 is 5.32 Å². The van der Waals surface area contributed by atoms with Gasteiger partial charge in [-0.3, -0.25) is 4.79 Å². The molecule has 166 valence electrons. The highest BCUT2D eigenvalue weighted by atomic mass is 32.2. The molecule has 0 radical (unpaired) electrons. The van der Waals surface area contributed by atoms with Crippen LogP contribution < -0.4 is 10.0 Å². The van der Waals surface area contributed by atoms with E-state index in [1.54, 1.807) is 0 Å². The minimum absolute atomic E-state index is 0.0892. The summed E-state index contributed by atoms with van der Waals surface area (Å²) in [6.07, 6.45) is 2.48. The summed E-state index contributed by atoms with van der Waals surface area (Å²) in [5.74, 6) is -1.28. The zero-order valence-electron chi connectivity index (χ0n) is 17.5. The lowest BCUT2D eigenvalue weighted by Crippen LogP contribution is -2.51. The van der Waals surface area contributed by atoms with Crippen molar-refractivity contribution < 1.29 is 17.6 Å². The van der Waals surface area contributed by atoms with Gasteiger partial charge in [0.05, 0.1) is 0 Å². The number of rotatable bonds is 7. The summed E-state index contributed by atoms with van der Waals surface area (Å²) in [5, 5.41) is 3.01. The molecule has 0 heterocycles. The molecule has 3 aromatic carbocycles. The highest BCUT2D eigenvalue weighted by Gasteiger charge is 2.30. The first-order valence-corrected chi connectivity index (χ1v) is 12.1. The Kier molecular flexibility index (Phi) is 6.67. The molecule has 5 nitrogen and oxygen atoms in total. The summed E-state index contributed by atoms with van der Waals surface area (Å²) in [4.78, 5) is 12.7. The van der Waals surface area contributed by atoms with Crippen molar-refractivity contribution in [3.05, 3.63) is 101 Å². The maximum atomic E-state index is 14.2. The third-order valence-corrected chi connectivity index (χ3v) is 7.22. The fourth-order valence-corrected chi connectivity index (χ4v) is 5.35. The van der Waals surface area contributed by atoms with E-state index >= 15 is 0 Å². The molecule has 1 aliphatic carbocycles. The van der Waals surface area contributed by atoms with Gasteiger partial charge in [-0.25, -0.2) is 12.8 Å². The Hall–Kier alpha value is -3.03. The maximum absolute atomic E-state index is 14.2. The van der Waals surface area contributed by atoms with E-state index < -0.39 is 32.7 Å². The number of fused-ring (bicyclic) bond motifs is 1. The van der Waals surface area contributed by atoms with Crippen LogP contribution in [0.3, 0.4) is 0 Å². The minimum Gasteiger partial charge on any atom is -0.352 e. The van der Waals surface area contributed by atoms with Crippen LogP contribution in [-0.2, 0) is 34.1 Å². The van der Waals surface area contributed by atoms with Crippen LogP contribution in [0.25, 0.3) is 0 Å². The van der Waals surface area contributed by atoms with Crippen LogP contribution in [0.15, 0.2) is 83.8 Å². The van der Waals surface area contributed by atoms with Crippen molar-refractivity contribution in [2.45, 2.75) is 42.7 Å². The maximum Gasteiger partial charge on any atom is 0.244 e. The van der Waals surface area contributed by atoms with E-state index in [0.29, 0.717) is 6.42 Å². The van der Waals surface area contributed by atoms with Crippen molar-refractivity contribution >= 4 is 15.9 Å². The zero-order chi connectivity index (χ0) is 22.6. The van der Waals surface area contributed by atoms with Crippen molar-refractivity contribution in [1.29, 1.82) is 0 Å². The molecule has 2 N–H and O–H groups in total. The van der Waals surface area contributed by atoms with Gasteiger partial charge in [0, 0.05) is 6.04 Å². The number of halogens is 1. The van der Waals surface area contributed by atoms with Crippen molar-refractivity contribution in [2.24, 2.45) is 0 Å². The SMILES string of the molecule is O=C(NC1CCc2ccccc2C1)[C@H](Cc1ccccc1)NS(=O)(=O)c1ccccc1F. The largest absolute Gasteiger partial charge is 0.352 e. The molecule has 0 aromatic heterocycles. The van der Waals surface area contributed by atoms with Crippen molar-refractivity contribution in [3.8, 4) is 0 Å². The number of carbonyl (C=O) groups is 1. The molecule has 1 aliphatic rings. The lowest BCUT2D eigenvalue weighted by Gasteiger charge is -2.27. The first kappa shape index (κ1) is 22.2. The summed E-state index contributed by atoms with van der Waals surface area (Å²) in [5.41, 5.74) is 3.27. The highest BCUT2D eigenvalue weighted by molar-refractivity contribution is 7.89. The van der Waals surface area contributed by atoms with Crippen molar-refractivity contribution in [3.63, 3.8) is 0 Å². The Labute approximate surface area is 187 Å². The van der Waals surface area contributed by atoms with Gasteiger partial charge in [0.15, 0.2) is 0 Å². The summed E-state index contributed by atoms with van der Waals surface area (Å²) >= 11 is 0. The fourth-order valence-electron chi connectivity index (χ4n) is 4.07. The third-order valence-electron chi connectivity index (χ3n) is 5.72. The Bertz CT molecular complexity index is 1200. The molecule has 7 heteroatoms. The molecule has 32 heavy (non-hydrogen) atoms. The number of hydrogen-bond acceptors (Lipinski definition) is 3. The fraction of sp³-hybridized carbons (Fsp3) is 0.240. The number of aryl methyl sites for hydroxylation is 1. The number of benzene rings is 3. The van der Waals surface area contributed by atoms with Crippen molar-refractivity contribution in [1.82, 2.24) is 10.0 Å². The van der Waals surface area contributed by atoms with Gasteiger partial charge in [0.2, 0.25) is 15.9 Å². The molecular weight excluding hydrogens is 427 g/mol. The van der Waals surface area contributed by atoms with E-state index in [9.17, 15) is 17.6 Å². The Morgan fingerprint density at radius 2 is 1.59 bits per heavy atom. The molecule has 3 aromatic rings. The smallest absolute Gasteiger partial charge is 0.244 e. The standard InChI is InChI=1S/C25H25FN2O3S/c26-22-12-6-7-13-24(22)32(30,31)28-23(16-18-8-2-1-3-9-18)25(29)27-21-15-14-19-10-4-5-11-20(19)17-21/h1-13,21,23,28H,14-17H2,(H,27,29)/t21?,23-/m0/s1. The predicted molar refractivity (Wildman–Crippen MR) is 121 cm³/mol. The summed E-state index contributed by atoms with van der Waals surface area (Å²) in [6.45, 7) is 0. The average molecular weight is 453 g/mol. The topological polar surface area (TPSA) is 75.3 Å². The Balaban J connectivity index is 1.54. The van der Waals surface area contributed by atoms with Crippen LogP contribution in [0.4, 0.5) is 4.39 Å². The van der Waals surface area contributed by atoms with E-state index in [0.717, 1.165) is 24.5 Å². The average Bonchev–Trinajstić information content (AvgIpc) is 2.79. The van der Waals surface area contributed by atoms with Crippen LogP contribution >= 0.6 is 0 Å². The minimum atomic E-state index is -4.23. The van der Waals surface area contributed by atoms with Gasteiger partial charge in [-0.05, 0) is 54.5 Å². The van der Waals surface area contributed by atoms with Gasteiger partial charge in [0.1, 0.15) is 16.8 Å². The monoisotopic (exact) mass is 452 g/mol. The van der Waals surface area contributed by atoms with Gasteiger partial charge in [0.25, 0.3) is 0 Å². The Morgan fingerprint density at radius 3 is 2.34 bits per heavy atom. The van der Waals surface area contributed by atoms with Gasteiger partial charge in [-0.1, -0.05) is 66.7 Å². The molecule has 0 spiro atoms. The predicted octanol–water partition coefficient (Wildman–Crippen LogP) is 3.39. The zero-order valence-corrected chi connectivity index (χ0v) is 18.3. The molecule has 0 bridgehead atoms. The summed E-state index contributed by atoms with van der Waals surface area (Å²) < 4.78 is 42.4. The van der Waals surface area contributed by atoms with E-state index in [4.69, 9.17) is 0 Å². The molecule has 2 atom stereocenters. The number of sulfonamides is 1. The molecule has 1 amide bonds. The molecule has 4 rings (SSSR count).